The van der Waals surface area contributed by atoms with Crippen LogP contribution in [0.4, 0.5) is 30.6 Å². The van der Waals surface area contributed by atoms with Gasteiger partial charge in [0.1, 0.15) is 5.82 Å². The van der Waals surface area contributed by atoms with Crippen molar-refractivity contribution in [3.8, 4) is 0 Å². The van der Waals surface area contributed by atoms with E-state index in [4.69, 9.17) is 0 Å². The van der Waals surface area contributed by atoms with Crippen molar-refractivity contribution in [2.24, 2.45) is 0 Å². The van der Waals surface area contributed by atoms with Gasteiger partial charge in [-0.1, -0.05) is 36.4 Å². The highest BCUT2D eigenvalue weighted by atomic mass is 19.4. The summed E-state index contributed by atoms with van der Waals surface area (Å²) in [6, 6.07) is 16.8. The summed E-state index contributed by atoms with van der Waals surface area (Å²) in [4.78, 5) is 8.35. The van der Waals surface area contributed by atoms with Crippen molar-refractivity contribution < 1.29 is 13.2 Å². The topological polar surface area (TPSA) is 49.8 Å². The van der Waals surface area contributed by atoms with E-state index in [1.807, 2.05) is 18.2 Å². The fourth-order valence-electron chi connectivity index (χ4n) is 2.57. The van der Waals surface area contributed by atoms with E-state index >= 15 is 0 Å². The Morgan fingerprint density at radius 3 is 2.52 bits per heavy atom. The number of aryl methyl sites for hydroxylation is 1. The van der Waals surface area contributed by atoms with Gasteiger partial charge in [-0.05, 0) is 42.7 Å². The van der Waals surface area contributed by atoms with Gasteiger partial charge in [-0.3, -0.25) is 0 Å². The smallest absolute Gasteiger partial charge is 0.370 e. The number of aromatic nitrogens is 2. The predicted molar refractivity (Wildman–Crippen MR) is 100 cm³/mol. The molecule has 0 aliphatic carbocycles. The normalized spacial score (nSPS) is 11.2. The molecule has 0 aliphatic rings. The zero-order chi connectivity index (χ0) is 19.1. The minimum absolute atomic E-state index is 0.238. The zero-order valence-corrected chi connectivity index (χ0v) is 14.5. The number of nitrogens with zero attached hydrogens (tertiary/aromatic N) is 2. The summed E-state index contributed by atoms with van der Waals surface area (Å²) in [5.74, 6) is 0.856. The van der Waals surface area contributed by atoms with Crippen LogP contribution in [-0.4, -0.2) is 16.5 Å². The first-order chi connectivity index (χ1) is 13.0. The molecule has 0 radical (unpaired) electrons. The van der Waals surface area contributed by atoms with Crippen LogP contribution in [0.3, 0.4) is 0 Å². The Morgan fingerprint density at radius 2 is 1.74 bits per heavy atom. The van der Waals surface area contributed by atoms with Crippen LogP contribution in [0.1, 0.15) is 17.5 Å². The Kier molecular flexibility index (Phi) is 5.90. The third kappa shape index (κ3) is 5.70. The highest BCUT2D eigenvalue weighted by Gasteiger charge is 2.30. The fraction of sp³-hybridized carbons (Fsp3) is 0.200. The van der Waals surface area contributed by atoms with Gasteiger partial charge in [0, 0.05) is 18.4 Å². The van der Waals surface area contributed by atoms with Crippen molar-refractivity contribution in [1.29, 1.82) is 0 Å². The predicted octanol–water partition coefficient (Wildman–Crippen LogP) is 5.28. The number of rotatable bonds is 7. The lowest BCUT2D eigenvalue weighted by molar-refractivity contribution is -0.137. The quantitative estimate of drug-likeness (QED) is 0.554. The average molecular weight is 372 g/mol. The van der Waals surface area contributed by atoms with E-state index in [-0.39, 0.29) is 11.6 Å². The van der Waals surface area contributed by atoms with Gasteiger partial charge in [0.25, 0.3) is 0 Å². The second kappa shape index (κ2) is 8.53. The van der Waals surface area contributed by atoms with Gasteiger partial charge < -0.3 is 10.6 Å². The van der Waals surface area contributed by atoms with Crippen LogP contribution in [0, 0.1) is 0 Å². The minimum atomic E-state index is -4.39. The van der Waals surface area contributed by atoms with Crippen LogP contribution >= 0.6 is 0 Å². The second-order valence-electron chi connectivity index (χ2n) is 5.98. The summed E-state index contributed by atoms with van der Waals surface area (Å²) in [5, 5.41) is 6.02. The van der Waals surface area contributed by atoms with E-state index in [0.717, 1.165) is 31.5 Å². The molecular weight excluding hydrogens is 353 g/mol. The molecule has 2 N–H and O–H groups in total. The summed E-state index contributed by atoms with van der Waals surface area (Å²) < 4.78 is 38.4. The molecule has 2 aromatic carbocycles. The Bertz CT molecular complexity index is 866. The van der Waals surface area contributed by atoms with Gasteiger partial charge in [0.2, 0.25) is 5.95 Å². The van der Waals surface area contributed by atoms with Crippen molar-refractivity contribution >= 4 is 17.5 Å². The molecule has 0 spiro atoms. The molecule has 140 valence electrons. The van der Waals surface area contributed by atoms with Crippen molar-refractivity contribution in [2.45, 2.75) is 19.0 Å². The minimum Gasteiger partial charge on any atom is -0.370 e. The first-order valence-corrected chi connectivity index (χ1v) is 8.56. The monoisotopic (exact) mass is 372 g/mol. The van der Waals surface area contributed by atoms with Crippen molar-refractivity contribution in [3.63, 3.8) is 0 Å². The zero-order valence-electron chi connectivity index (χ0n) is 14.5. The number of anilines is 3. The van der Waals surface area contributed by atoms with Crippen LogP contribution in [0.15, 0.2) is 66.9 Å². The van der Waals surface area contributed by atoms with Crippen LogP contribution in [0.2, 0.25) is 0 Å². The van der Waals surface area contributed by atoms with Gasteiger partial charge in [0.05, 0.1) is 5.56 Å². The highest BCUT2D eigenvalue weighted by molar-refractivity contribution is 5.56. The molecule has 0 atom stereocenters. The molecule has 7 heteroatoms. The maximum atomic E-state index is 12.8. The summed E-state index contributed by atoms with van der Waals surface area (Å²) in [5.41, 5.74) is 0.836. The number of alkyl halides is 3. The summed E-state index contributed by atoms with van der Waals surface area (Å²) in [6.45, 7) is 0.731. The van der Waals surface area contributed by atoms with Crippen LogP contribution in [-0.2, 0) is 12.6 Å². The van der Waals surface area contributed by atoms with E-state index in [2.05, 4.69) is 32.7 Å². The van der Waals surface area contributed by atoms with Gasteiger partial charge in [-0.2, -0.15) is 18.2 Å². The van der Waals surface area contributed by atoms with Gasteiger partial charge in [-0.15, -0.1) is 0 Å². The molecule has 0 unspecified atom stereocenters. The van der Waals surface area contributed by atoms with E-state index in [9.17, 15) is 13.2 Å². The van der Waals surface area contributed by atoms with E-state index in [0.29, 0.717) is 5.82 Å². The lowest BCUT2D eigenvalue weighted by atomic mass is 10.1. The lowest BCUT2D eigenvalue weighted by Crippen LogP contribution is -2.07. The number of hydrogen-bond acceptors (Lipinski definition) is 4. The SMILES string of the molecule is FC(F)(F)c1cccc(Nc2nccc(NCCCc3ccccc3)n2)c1. The third-order valence-corrected chi connectivity index (χ3v) is 3.89. The van der Waals surface area contributed by atoms with Gasteiger partial charge >= 0.3 is 6.18 Å². The molecule has 0 amide bonds. The number of nitrogens with one attached hydrogen (secondary N) is 2. The molecule has 3 rings (SSSR count). The molecule has 0 fully saturated rings. The Hall–Kier alpha value is -3.09. The first-order valence-electron chi connectivity index (χ1n) is 8.56. The largest absolute Gasteiger partial charge is 0.416 e. The second-order valence-corrected chi connectivity index (χ2v) is 5.98. The van der Waals surface area contributed by atoms with Crippen molar-refractivity contribution in [2.75, 3.05) is 17.2 Å². The van der Waals surface area contributed by atoms with E-state index < -0.39 is 11.7 Å². The Balaban J connectivity index is 1.56. The first kappa shape index (κ1) is 18.7. The lowest BCUT2D eigenvalue weighted by Gasteiger charge is -2.11. The highest BCUT2D eigenvalue weighted by Crippen LogP contribution is 2.31. The number of halogens is 3. The molecule has 0 saturated carbocycles. The summed E-state index contributed by atoms with van der Waals surface area (Å²) in [6.07, 6.45) is -0.943. The molecule has 27 heavy (non-hydrogen) atoms. The van der Waals surface area contributed by atoms with Gasteiger partial charge in [0.15, 0.2) is 0 Å². The molecule has 1 heterocycles. The van der Waals surface area contributed by atoms with Crippen LogP contribution in [0.25, 0.3) is 0 Å². The molecule has 4 nitrogen and oxygen atoms in total. The maximum Gasteiger partial charge on any atom is 0.416 e. The van der Waals surface area contributed by atoms with Crippen molar-refractivity contribution in [3.05, 3.63) is 78.0 Å². The van der Waals surface area contributed by atoms with Crippen LogP contribution < -0.4 is 10.6 Å². The molecule has 0 bridgehead atoms. The number of benzene rings is 2. The molecule has 0 saturated heterocycles. The summed E-state index contributed by atoms with van der Waals surface area (Å²) >= 11 is 0. The molecule has 1 aromatic heterocycles. The van der Waals surface area contributed by atoms with Gasteiger partial charge in [-0.25, -0.2) is 4.98 Å². The fourth-order valence-corrected chi connectivity index (χ4v) is 2.57. The number of hydrogen-bond donors (Lipinski definition) is 2. The molecule has 3 aromatic rings. The summed E-state index contributed by atoms with van der Waals surface area (Å²) in [7, 11) is 0. The standard InChI is InChI=1S/C20H19F3N4/c21-20(22,23)16-9-4-10-17(14-16)26-19-25-13-11-18(27-19)24-12-5-8-15-6-2-1-3-7-15/h1-4,6-7,9-11,13-14H,5,8,12H2,(H2,24,25,26,27). The van der Waals surface area contributed by atoms with E-state index in [1.54, 1.807) is 18.3 Å². The molecule has 0 aliphatic heterocycles. The molecular formula is C20H19F3N4. The van der Waals surface area contributed by atoms with Crippen LogP contribution in [0.5, 0.6) is 0 Å². The Morgan fingerprint density at radius 1 is 0.926 bits per heavy atom. The van der Waals surface area contributed by atoms with E-state index in [1.165, 1.54) is 11.6 Å². The maximum absolute atomic E-state index is 12.8. The average Bonchev–Trinajstić information content (AvgIpc) is 2.66. The van der Waals surface area contributed by atoms with Crippen molar-refractivity contribution in [1.82, 2.24) is 9.97 Å². The third-order valence-electron chi connectivity index (χ3n) is 3.89. The Labute approximate surface area is 155 Å².